The van der Waals surface area contributed by atoms with Gasteiger partial charge in [-0.15, -0.1) is 0 Å². The van der Waals surface area contributed by atoms with Crippen LogP contribution in [0.5, 0.6) is 0 Å². The van der Waals surface area contributed by atoms with E-state index in [1.165, 1.54) is 0 Å². The first-order chi connectivity index (χ1) is 5.49. The van der Waals surface area contributed by atoms with E-state index in [2.05, 4.69) is 0 Å². The molecule has 0 fully saturated rings. The predicted molar refractivity (Wildman–Crippen MR) is 38.5 cm³/mol. The van der Waals surface area contributed by atoms with Crippen LogP contribution in [0.15, 0.2) is 11.8 Å². The topological polar surface area (TPSA) is 90.3 Å². The molecule has 12 heavy (non-hydrogen) atoms. The molecule has 0 spiro atoms. The SMILES string of the molecule is CN1C(=O)C(C#N)=CNS1(=O)=O. The van der Waals surface area contributed by atoms with Gasteiger partial charge >= 0.3 is 10.2 Å². The number of carbonyl (C=O) groups excluding carboxylic acids is 1. The Labute approximate surface area is 69.3 Å². The molecule has 1 amide bonds. The summed E-state index contributed by atoms with van der Waals surface area (Å²) in [6.07, 6.45) is 0.873. The molecule has 0 aromatic rings. The fourth-order valence-electron chi connectivity index (χ4n) is 0.633. The zero-order valence-corrected chi connectivity index (χ0v) is 6.92. The van der Waals surface area contributed by atoms with Crippen LogP contribution in [-0.2, 0) is 15.0 Å². The van der Waals surface area contributed by atoms with E-state index in [1.807, 2.05) is 4.72 Å². The Morgan fingerprint density at radius 2 is 2.25 bits per heavy atom. The van der Waals surface area contributed by atoms with Crippen molar-refractivity contribution in [3.05, 3.63) is 11.8 Å². The third-order valence-electron chi connectivity index (χ3n) is 1.35. The number of nitrogens with one attached hydrogen (secondary N) is 1. The van der Waals surface area contributed by atoms with Crippen molar-refractivity contribution in [2.24, 2.45) is 0 Å². The van der Waals surface area contributed by atoms with Gasteiger partial charge in [0.05, 0.1) is 0 Å². The Hall–Kier alpha value is -1.55. The first-order valence-corrected chi connectivity index (χ1v) is 4.34. The Morgan fingerprint density at radius 1 is 1.67 bits per heavy atom. The molecule has 1 N–H and O–H groups in total. The standard InChI is InChI=1S/C5H5N3O3S/c1-8-5(9)4(2-6)3-7-12(8,10)11/h3,7H,1H3. The highest BCUT2D eigenvalue weighted by molar-refractivity contribution is 7.87. The lowest BCUT2D eigenvalue weighted by atomic mass is 10.3. The highest BCUT2D eigenvalue weighted by Crippen LogP contribution is 2.07. The Morgan fingerprint density at radius 3 is 2.75 bits per heavy atom. The molecule has 0 aromatic heterocycles. The normalized spacial score (nSPS) is 20.8. The molecule has 1 heterocycles. The van der Waals surface area contributed by atoms with Crippen molar-refractivity contribution in [1.82, 2.24) is 9.03 Å². The minimum Gasteiger partial charge on any atom is -0.272 e. The van der Waals surface area contributed by atoms with Crippen LogP contribution in [0.1, 0.15) is 0 Å². The lowest BCUT2D eigenvalue weighted by molar-refractivity contribution is -0.121. The quantitative estimate of drug-likeness (QED) is 0.510. The summed E-state index contributed by atoms with van der Waals surface area (Å²) in [6.45, 7) is 0. The average molecular weight is 187 g/mol. The molecule has 6 nitrogen and oxygen atoms in total. The van der Waals surface area contributed by atoms with Crippen LogP contribution in [0.3, 0.4) is 0 Å². The summed E-state index contributed by atoms with van der Waals surface area (Å²) in [6, 6.07) is 1.56. The fourth-order valence-corrected chi connectivity index (χ4v) is 1.37. The molecule has 7 heteroatoms. The molecule has 0 bridgehead atoms. The third-order valence-corrected chi connectivity index (χ3v) is 2.65. The van der Waals surface area contributed by atoms with E-state index in [0.717, 1.165) is 13.2 Å². The number of carbonyl (C=O) groups is 1. The Balaban J connectivity index is 3.19. The molecule has 1 aliphatic rings. The Kier molecular flexibility index (Phi) is 1.78. The molecule has 0 saturated carbocycles. The van der Waals surface area contributed by atoms with Gasteiger partial charge in [0.1, 0.15) is 11.6 Å². The van der Waals surface area contributed by atoms with Gasteiger partial charge < -0.3 is 0 Å². The zero-order chi connectivity index (χ0) is 9.35. The van der Waals surface area contributed by atoms with Crippen LogP contribution in [0.4, 0.5) is 0 Å². The highest BCUT2D eigenvalue weighted by atomic mass is 32.2. The molecule has 0 aromatic carbocycles. The summed E-state index contributed by atoms with van der Waals surface area (Å²) in [5, 5.41) is 8.35. The Bertz CT molecular complexity index is 389. The summed E-state index contributed by atoms with van der Waals surface area (Å²) < 4.78 is 24.2. The molecule has 0 atom stereocenters. The number of nitrogens with zero attached hydrogens (tertiary/aromatic N) is 2. The highest BCUT2D eigenvalue weighted by Gasteiger charge is 2.29. The molecule has 0 radical (unpaired) electrons. The molecule has 0 aliphatic carbocycles. The van der Waals surface area contributed by atoms with Gasteiger partial charge in [-0.25, -0.2) is 4.31 Å². The van der Waals surface area contributed by atoms with Gasteiger partial charge in [-0.2, -0.15) is 13.7 Å². The largest absolute Gasteiger partial charge is 0.325 e. The van der Waals surface area contributed by atoms with E-state index in [9.17, 15) is 13.2 Å². The van der Waals surface area contributed by atoms with Crippen LogP contribution in [0, 0.1) is 11.3 Å². The number of rotatable bonds is 0. The maximum atomic E-state index is 11.0. The lowest BCUT2D eigenvalue weighted by Crippen LogP contribution is -2.44. The van der Waals surface area contributed by atoms with E-state index in [0.29, 0.717) is 4.31 Å². The van der Waals surface area contributed by atoms with Crippen molar-refractivity contribution in [1.29, 1.82) is 5.26 Å². The smallest absolute Gasteiger partial charge is 0.272 e. The van der Waals surface area contributed by atoms with Crippen molar-refractivity contribution in [2.45, 2.75) is 0 Å². The minimum absolute atomic E-state index is 0.229. The monoisotopic (exact) mass is 187 g/mol. The second-order valence-corrected chi connectivity index (χ2v) is 3.80. The van der Waals surface area contributed by atoms with E-state index in [-0.39, 0.29) is 5.57 Å². The number of nitriles is 1. The molecule has 64 valence electrons. The van der Waals surface area contributed by atoms with Crippen molar-refractivity contribution in [3.63, 3.8) is 0 Å². The van der Waals surface area contributed by atoms with E-state index >= 15 is 0 Å². The first kappa shape index (κ1) is 8.55. The van der Waals surface area contributed by atoms with E-state index in [4.69, 9.17) is 5.26 Å². The van der Waals surface area contributed by atoms with Gasteiger partial charge in [0.25, 0.3) is 5.91 Å². The number of hydrogen-bond donors (Lipinski definition) is 1. The molecular weight excluding hydrogens is 182 g/mol. The number of likely N-dealkylation sites (N-methyl/N-ethyl adjacent to an activating group) is 1. The van der Waals surface area contributed by atoms with Crippen LogP contribution >= 0.6 is 0 Å². The number of hydrogen-bond acceptors (Lipinski definition) is 4. The van der Waals surface area contributed by atoms with Gasteiger partial charge in [0.2, 0.25) is 0 Å². The summed E-state index contributed by atoms with van der Waals surface area (Å²) >= 11 is 0. The van der Waals surface area contributed by atoms with Gasteiger partial charge in [-0.1, -0.05) is 0 Å². The van der Waals surface area contributed by atoms with Gasteiger partial charge in [-0.3, -0.25) is 9.52 Å². The molecule has 1 aliphatic heterocycles. The minimum atomic E-state index is -3.75. The molecule has 0 saturated heterocycles. The summed E-state index contributed by atoms with van der Waals surface area (Å²) in [5.74, 6) is -0.823. The second kappa shape index (κ2) is 2.49. The van der Waals surface area contributed by atoms with Gasteiger partial charge in [0, 0.05) is 13.2 Å². The van der Waals surface area contributed by atoms with Gasteiger partial charge in [0.15, 0.2) is 0 Å². The first-order valence-electron chi connectivity index (χ1n) is 2.90. The van der Waals surface area contributed by atoms with Gasteiger partial charge in [-0.05, 0) is 0 Å². The molecule has 0 unspecified atom stereocenters. The van der Waals surface area contributed by atoms with Crippen LogP contribution in [0.2, 0.25) is 0 Å². The number of amides is 1. The second-order valence-electron chi connectivity index (χ2n) is 2.07. The maximum absolute atomic E-state index is 11.0. The van der Waals surface area contributed by atoms with Crippen molar-refractivity contribution < 1.29 is 13.2 Å². The summed E-state index contributed by atoms with van der Waals surface area (Å²) in [7, 11) is -2.67. The van der Waals surface area contributed by atoms with E-state index in [1.54, 1.807) is 6.07 Å². The van der Waals surface area contributed by atoms with E-state index < -0.39 is 16.1 Å². The van der Waals surface area contributed by atoms with Crippen LogP contribution in [-0.4, -0.2) is 25.7 Å². The average Bonchev–Trinajstić information content (AvgIpc) is 2.01. The third kappa shape index (κ3) is 1.12. The predicted octanol–water partition coefficient (Wildman–Crippen LogP) is -1.30. The van der Waals surface area contributed by atoms with Crippen molar-refractivity contribution >= 4 is 16.1 Å². The summed E-state index contributed by atoms with van der Waals surface area (Å²) in [5.41, 5.74) is -0.229. The lowest BCUT2D eigenvalue weighted by Gasteiger charge is -2.20. The fraction of sp³-hybridized carbons (Fsp3) is 0.200. The molecule has 1 rings (SSSR count). The maximum Gasteiger partial charge on any atom is 0.325 e. The van der Waals surface area contributed by atoms with Crippen molar-refractivity contribution in [3.8, 4) is 6.07 Å². The molecular formula is C5H5N3O3S. The zero-order valence-electron chi connectivity index (χ0n) is 6.10. The van der Waals surface area contributed by atoms with Crippen LogP contribution in [0.25, 0.3) is 0 Å². The summed E-state index contributed by atoms with van der Waals surface area (Å²) in [4.78, 5) is 11.0. The van der Waals surface area contributed by atoms with Crippen LogP contribution < -0.4 is 4.72 Å². The van der Waals surface area contributed by atoms with Crippen molar-refractivity contribution in [2.75, 3.05) is 7.05 Å².